The number of aliphatic hydroxyl groups excluding tert-OH is 1. The van der Waals surface area contributed by atoms with Crippen LogP contribution in [0.3, 0.4) is 0 Å². The third kappa shape index (κ3) is 39.5. The lowest BCUT2D eigenvalue weighted by atomic mass is 10.1. The monoisotopic (exact) mass is 831 g/mol. The van der Waals surface area contributed by atoms with Crippen LogP contribution in [0.2, 0.25) is 0 Å². The molecule has 0 amide bonds. The minimum absolute atomic E-state index is 0.0458. The van der Waals surface area contributed by atoms with Gasteiger partial charge in [0, 0.05) is 13.2 Å². The van der Waals surface area contributed by atoms with E-state index in [1.54, 1.807) is 0 Å². The molecule has 0 aliphatic heterocycles. The maximum Gasteiger partial charge on any atom is 0.323 e. The summed E-state index contributed by atoms with van der Waals surface area (Å²) in [5.41, 5.74) is 0. The Hall–Kier alpha value is -0.380. The van der Waals surface area contributed by atoms with Crippen molar-refractivity contribution in [2.24, 2.45) is 0 Å². The predicted octanol–water partition coefficient (Wildman–Crippen LogP) is 13.7. The summed E-state index contributed by atoms with van der Waals surface area (Å²) in [4.78, 5) is 15.6. The number of unbranched alkanes of at least 4 members (excludes halogenated alkanes) is 23. The van der Waals surface area contributed by atoms with Crippen molar-refractivity contribution < 1.29 is 23.6 Å². The van der Waals surface area contributed by atoms with Crippen molar-refractivity contribution >= 4 is 16.3 Å². The Bertz CT molecular complexity index is 819. The Morgan fingerprint density at radius 3 is 1.60 bits per heavy atom. The molecule has 0 spiro atoms. The molecule has 0 aliphatic rings. The van der Waals surface area contributed by atoms with Crippen LogP contribution < -0.4 is 5.32 Å². The minimum atomic E-state index is -1.12. The lowest BCUT2D eigenvalue weighted by Gasteiger charge is -2.35. The van der Waals surface area contributed by atoms with E-state index >= 15 is 0 Å². The van der Waals surface area contributed by atoms with Crippen LogP contribution in [0, 0.1) is 0 Å². The normalized spacial score (nSPS) is 13.4. The Balaban J connectivity index is 4.66. The summed E-state index contributed by atoms with van der Waals surface area (Å²) in [6.07, 6.45) is 43.0. The first-order valence-corrected chi connectivity index (χ1v) is 27.6. The number of hydrogen-bond donors (Lipinski definition) is 2. The van der Waals surface area contributed by atoms with Crippen molar-refractivity contribution in [1.29, 1.82) is 0 Å². The zero-order valence-corrected chi connectivity index (χ0v) is 40.2. The summed E-state index contributed by atoms with van der Waals surface area (Å²) in [5.74, 6) is 1.14. The minimum Gasteiger partial charge on any atom is -0.465 e. The highest BCUT2D eigenvalue weighted by Crippen LogP contribution is 2.44. The fourth-order valence-electron chi connectivity index (χ4n) is 7.58. The molecular weight excluding hydrogens is 729 g/mol. The molecule has 2 atom stereocenters. The SMILES string of the molecule is CCCCCCCCOC(CCCCCN(CCCCO)CCCCCCOC(=O)C(CCCCCCCC)NCCCCC)OS(C)(C)CCCCCCCC. The fourth-order valence-corrected chi connectivity index (χ4v) is 9.31. The first-order chi connectivity index (χ1) is 27.8. The lowest BCUT2D eigenvalue weighted by molar-refractivity contribution is -0.146. The summed E-state index contributed by atoms with van der Waals surface area (Å²) < 4.78 is 19.0. The smallest absolute Gasteiger partial charge is 0.323 e. The van der Waals surface area contributed by atoms with Gasteiger partial charge in [0.25, 0.3) is 0 Å². The Morgan fingerprint density at radius 2 is 1.00 bits per heavy atom. The largest absolute Gasteiger partial charge is 0.465 e. The number of nitrogens with zero attached hydrogens (tertiary/aromatic N) is 1. The molecule has 0 aromatic rings. The first-order valence-electron chi connectivity index (χ1n) is 25.1. The summed E-state index contributed by atoms with van der Waals surface area (Å²) in [5, 5.41) is 12.9. The van der Waals surface area contributed by atoms with Gasteiger partial charge in [0.15, 0.2) is 6.29 Å². The molecule has 0 rings (SSSR count). The summed E-state index contributed by atoms with van der Waals surface area (Å²) in [6.45, 7) is 14.9. The number of aliphatic hydroxyl groups is 1. The van der Waals surface area contributed by atoms with Crippen molar-refractivity contribution in [2.75, 3.05) is 64.3 Å². The van der Waals surface area contributed by atoms with E-state index in [1.807, 2.05) is 0 Å². The Morgan fingerprint density at radius 1 is 0.544 bits per heavy atom. The van der Waals surface area contributed by atoms with Crippen LogP contribution in [-0.2, 0) is 18.5 Å². The van der Waals surface area contributed by atoms with Gasteiger partial charge in [0.2, 0.25) is 0 Å². The molecule has 0 saturated carbocycles. The molecule has 0 aliphatic carbocycles. The molecule has 0 aromatic carbocycles. The maximum atomic E-state index is 13.0. The van der Waals surface area contributed by atoms with Gasteiger partial charge in [-0.2, -0.15) is 0 Å². The van der Waals surface area contributed by atoms with Crippen molar-refractivity contribution in [2.45, 2.75) is 245 Å². The molecule has 0 heterocycles. The van der Waals surface area contributed by atoms with Crippen LogP contribution in [0.15, 0.2) is 0 Å². The standard InChI is InChI=1S/C49H102N2O5S/c1-7-11-15-18-21-27-37-47(50-39-29-14-10-4)49(53)55-45-35-24-22-30-40-51(42-32-33-43-52)41-31-26-28-38-48(54-44-34-23-19-16-12-8-2)56-57(5,6)46-36-25-20-17-13-9-3/h47-48,50,52H,7-46H2,1-6H3. The highest BCUT2D eigenvalue weighted by molar-refractivity contribution is 8.28. The van der Waals surface area contributed by atoms with E-state index in [-0.39, 0.29) is 24.9 Å². The Labute approximate surface area is 358 Å². The van der Waals surface area contributed by atoms with Crippen LogP contribution in [0.5, 0.6) is 0 Å². The summed E-state index contributed by atoms with van der Waals surface area (Å²) in [6, 6.07) is -0.153. The summed E-state index contributed by atoms with van der Waals surface area (Å²) >= 11 is 0. The first kappa shape index (κ1) is 56.6. The van der Waals surface area contributed by atoms with Gasteiger partial charge in [-0.3, -0.25) is 4.79 Å². The van der Waals surface area contributed by atoms with Crippen LogP contribution >= 0.6 is 10.3 Å². The highest BCUT2D eigenvalue weighted by atomic mass is 32.3. The van der Waals surface area contributed by atoms with Crippen molar-refractivity contribution in [1.82, 2.24) is 10.2 Å². The van der Waals surface area contributed by atoms with Gasteiger partial charge in [-0.1, -0.05) is 163 Å². The number of carbonyl (C=O) groups excluding carboxylic acids is 1. The predicted molar refractivity (Wildman–Crippen MR) is 252 cm³/mol. The number of carbonyl (C=O) groups is 1. The zero-order valence-electron chi connectivity index (χ0n) is 39.4. The second kappa shape index (κ2) is 43.7. The third-order valence-electron chi connectivity index (χ3n) is 11.4. The summed E-state index contributed by atoms with van der Waals surface area (Å²) in [7, 11) is -1.12. The average molecular weight is 831 g/mol. The van der Waals surface area contributed by atoms with Gasteiger partial charge in [-0.15, -0.1) is 10.3 Å². The van der Waals surface area contributed by atoms with E-state index in [4.69, 9.17) is 13.7 Å². The molecular formula is C49H102N2O5S. The van der Waals surface area contributed by atoms with Crippen molar-refractivity contribution in [3.05, 3.63) is 0 Å². The van der Waals surface area contributed by atoms with Crippen LogP contribution in [-0.4, -0.2) is 92.6 Å². The topological polar surface area (TPSA) is 80.3 Å². The molecule has 0 aromatic heterocycles. The van der Waals surface area contributed by atoms with Crippen LogP contribution in [0.1, 0.15) is 233 Å². The van der Waals surface area contributed by atoms with Gasteiger partial charge in [-0.05, 0) is 115 Å². The molecule has 8 heteroatoms. The van der Waals surface area contributed by atoms with Gasteiger partial charge in [-0.25, -0.2) is 0 Å². The van der Waals surface area contributed by atoms with E-state index < -0.39 is 10.3 Å². The number of ether oxygens (including phenoxy) is 2. The number of rotatable bonds is 47. The van der Waals surface area contributed by atoms with Gasteiger partial charge in [0.1, 0.15) is 6.04 Å². The van der Waals surface area contributed by atoms with Gasteiger partial charge < -0.3 is 29.0 Å². The zero-order chi connectivity index (χ0) is 41.9. The van der Waals surface area contributed by atoms with Crippen LogP contribution in [0.4, 0.5) is 0 Å². The molecule has 0 saturated heterocycles. The molecule has 7 nitrogen and oxygen atoms in total. The fraction of sp³-hybridized carbons (Fsp3) is 0.980. The second-order valence-electron chi connectivity index (χ2n) is 17.5. The molecule has 0 radical (unpaired) electrons. The van der Waals surface area contributed by atoms with E-state index in [9.17, 15) is 9.90 Å². The average Bonchev–Trinajstić information content (AvgIpc) is 3.19. The highest BCUT2D eigenvalue weighted by Gasteiger charge is 2.21. The van der Waals surface area contributed by atoms with Gasteiger partial charge >= 0.3 is 5.97 Å². The number of hydrogen-bond acceptors (Lipinski definition) is 7. The molecule has 57 heavy (non-hydrogen) atoms. The van der Waals surface area contributed by atoms with Crippen LogP contribution in [0.25, 0.3) is 0 Å². The second-order valence-corrected chi connectivity index (χ2v) is 21.0. The van der Waals surface area contributed by atoms with E-state index in [1.165, 1.54) is 141 Å². The maximum absolute atomic E-state index is 13.0. The third-order valence-corrected chi connectivity index (χ3v) is 13.4. The molecule has 344 valence electrons. The lowest BCUT2D eigenvalue weighted by Crippen LogP contribution is -2.38. The van der Waals surface area contributed by atoms with Crippen molar-refractivity contribution in [3.8, 4) is 0 Å². The molecule has 2 unspecified atom stereocenters. The van der Waals surface area contributed by atoms with Crippen molar-refractivity contribution in [3.63, 3.8) is 0 Å². The molecule has 2 N–H and O–H groups in total. The molecule has 0 bridgehead atoms. The molecule has 0 fully saturated rings. The van der Waals surface area contributed by atoms with Gasteiger partial charge in [0.05, 0.1) is 6.61 Å². The van der Waals surface area contributed by atoms with E-state index in [2.05, 4.69) is 50.4 Å². The van der Waals surface area contributed by atoms with E-state index in [0.717, 1.165) is 103 Å². The number of esters is 1. The number of nitrogens with one attached hydrogen (secondary N) is 1. The van der Waals surface area contributed by atoms with E-state index in [0.29, 0.717) is 6.61 Å². The Kier molecular flexibility index (Phi) is 43.4. The quantitative estimate of drug-likeness (QED) is 0.0359.